The van der Waals surface area contributed by atoms with E-state index in [-0.39, 0.29) is 12.0 Å². The third kappa shape index (κ3) is 6.89. The maximum atomic E-state index is 15.0. The molecule has 3 aliphatic carbocycles. The van der Waals surface area contributed by atoms with Crippen LogP contribution in [-0.4, -0.2) is 105 Å². The average molecular weight is 808 g/mol. The van der Waals surface area contributed by atoms with Gasteiger partial charge in [-0.1, -0.05) is 69.3 Å². The second-order valence-electron chi connectivity index (χ2n) is 17.9. The van der Waals surface area contributed by atoms with Crippen LogP contribution < -0.4 is 5.32 Å². The Balaban J connectivity index is 1.48. The predicted molar refractivity (Wildman–Crippen MR) is 203 cm³/mol. The Hall–Kier alpha value is -4.70. The minimum absolute atomic E-state index is 0.0681. The molecule has 1 spiro atoms. The van der Waals surface area contributed by atoms with E-state index in [4.69, 9.17) is 23.7 Å². The minimum Gasteiger partial charge on any atom is -0.460 e. The summed E-state index contributed by atoms with van der Waals surface area (Å²) in [6.45, 7) is 11.6. The fourth-order valence-electron chi connectivity index (χ4n) is 10.00. The van der Waals surface area contributed by atoms with Crippen LogP contribution >= 0.6 is 0 Å². The second kappa shape index (κ2) is 15.2. The first-order chi connectivity index (χ1) is 27.0. The molecule has 4 aliphatic rings. The van der Waals surface area contributed by atoms with Crippen molar-refractivity contribution in [3.05, 3.63) is 71.8 Å². The third-order valence-corrected chi connectivity index (χ3v) is 13.1. The zero-order valence-electron chi connectivity index (χ0n) is 33.9. The van der Waals surface area contributed by atoms with Crippen LogP contribution in [0.15, 0.2) is 60.7 Å². The standard InChI is InChI=1S/C43H53NO14/c1-22-27(56-36(51)32(48)30(24-15-11-9-12-16-24)44-38(52)58-39(3,4)5)20-43(53)37(57-35(50)25-17-13-10-14-18-25)42-21-54-26(34(42)55-23(2)45)19-28(46)41(42,8)33(49)31(47)29(22)40(43,6)7/h9-18,22,26-30,32,34,37,46,48,53H,19-21H2,1-8H3,(H,44,52). The molecule has 1 saturated heterocycles. The molecule has 2 aromatic rings. The number of amides is 1. The lowest BCUT2D eigenvalue weighted by Gasteiger charge is -2.65. The fraction of sp³-hybridized carbons (Fsp3) is 0.581. The lowest BCUT2D eigenvalue weighted by atomic mass is 9.40. The Morgan fingerprint density at radius 3 is 2.12 bits per heavy atom. The van der Waals surface area contributed by atoms with E-state index in [1.807, 2.05) is 0 Å². The topological polar surface area (TPSA) is 221 Å². The zero-order valence-corrected chi connectivity index (χ0v) is 33.9. The lowest BCUT2D eigenvalue weighted by molar-refractivity contribution is -0.289. The van der Waals surface area contributed by atoms with Crippen molar-refractivity contribution in [1.29, 1.82) is 0 Å². The predicted octanol–water partition coefficient (Wildman–Crippen LogP) is 3.40. The smallest absolute Gasteiger partial charge is 0.408 e. The summed E-state index contributed by atoms with van der Waals surface area (Å²) in [6.07, 6.45) is -11.0. The van der Waals surface area contributed by atoms with Crippen LogP contribution in [-0.2, 0) is 42.9 Å². The monoisotopic (exact) mass is 807 g/mol. The van der Waals surface area contributed by atoms with E-state index < -0.39 is 131 Å². The van der Waals surface area contributed by atoms with Crippen molar-refractivity contribution >= 4 is 35.6 Å². The lowest BCUT2D eigenvalue weighted by Crippen LogP contribution is -2.80. The molecule has 1 amide bonds. The van der Waals surface area contributed by atoms with E-state index in [1.165, 1.54) is 19.1 Å². The molecule has 4 fully saturated rings. The Morgan fingerprint density at radius 1 is 0.931 bits per heavy atom. The zero-order chi connectivity index (χ0) is 42.7. The van der Waals surface area contributed by atoms with Gasteiger partial charge in [0.05, 0.1) is 41.3 Å². The van der Waals surface area contributed by atoms with Crippen LogP contribution in [0.3, 0.4) is 0 Å². The van der Waals surface area contributed by atoms with Gasteiger partial charge in [-0.25, -0.2) is 14.4 Å². The number of hydrogen-bond donors (Lipinski definition) is 4. The molecule has 6 rings (SSSR count). The molecule has 3 saturated carbocycles. The van der Waals surface area contributed by atoms with Gasteiger partial charge in [0.2, 0.25) is 11.6 Å². The van der Waals surface area contributed by atoms with Crippen LogP contribution in [0, 0.1) is 28.1 Å². The van der Waals surface area contributed by atoms with Gasteiger partial charge in [0.25, 0.3) is 0 Å². The van der Waals surface area contributed by atoms with Crippen molar-refractivity contribution in [2.75, 3.05) is 6.61 Å². The van der Waals surface area contributed by atoms with Gasteiger partial charge in [-0.2, -0.15) is 0 Å². The molecule has 1 heterocycles. The molecule has 0 radical (unpaired) electrons. The molecule has 12 atom stereocenters. The Labute approximate surface area is 336 Å². The summed E-state index contributed by atoms with van der Waals surface area (Å²) in [5.74, 6) is -7.44. The van der Waals surface area contributed by atoms with Crippen molar-refractivity contribution < 1.29 is 67.8 Å². The molecule has 4 N–H and O–H groups in total. The molecule has 15 nitrogen and oxygen atoms in total. The molecule has 12 unspecified atom stereocenters. The number of rotatable bonds is 8. The van der Waals surface area contributed by atoms with Gasteiger partial charge < -0.3 is 44.3 Å². The third-order valence-electron chi connectivity index (χ3n) is 13.1. The largest absolute Gasteiger partial charge is 0.460 e. The number of fused-ring (bicyclic) bond motifs is 3. The highest BCUT2D eigenvalue weighted by molar-refractivity contribution is 6.40. The Morgan fingerprint density at radius 2 is 1.53 bits per heavy atom. The summed E-state index contributed by atoms with van der Waals surface area (Å²) in [4.78, 5) is 83.8. The summed E-state index contributed by atoms with van der Waals surface area (Å²) in [5.41, 5.74) is -8.72. The molecule has 2 aromatic carbocycles. The van der Waals surface area contributed by atoms with E-state index >= 15 is 0 Å². The molecule has 1 aliphatic heterocycles. The number of hydrogen-bond acceptors (Lipinski definition) is 14. The van der Waals surface area contributed by atoms with Crippen molar-refractivity contribution in [2.45, 2.75) is 122 Å². The van der Waals surface area contributed by atoms with Crippen LogP contribution in [0.4, 0.5) is 4.79 Å². The van der Waals surface area contributed by atoms with Gasteiger partial charge in [-0.3, -0.25) is 14.4 Å². The molecule has 314 valence electrons. The van der Waals surface area contributed by atoms with Gasteiger partial charge in [-0.05, 0) is 45.4 Å². The molecule has 4 bridgehead atoms. The fourth-order valence-corrected chi connectivity index (χ4v) is 10.00. The Bertz CT molecular complexity index is 1950. The van der Waals surface area contributed by atoms with E-state index in [1.54, 1.807) is 90.1 Å². The van der Waals surface area contributed by atoms with Gasteiger partial charge >= 0.3 is 24.0 Å². The highest BCUT2D eigenvalue weighted by atomic mass is 16.6. The SMILES string of the molecule is CC(=O)OC1C2CC(O)C3(C)C(=O)C(=O)C4C(C)C(OC(=O)C(O)C(NC(=O)OC(C)(C)C)c5ccccc5)CC(O)(C(OC(=O)c5ccccc5)C13CO2)C4(C)C. The number of carbonyl (C=O) groups excluding carboxylic acids is 6. The molecule has 58 heavy (non-hydrogen) atoms. The highest BCUT2D eigenvalue weighted by Crippen LogP contribution is 2.67. The highest BCUT2D eigenvalue weighted by Gasteiger charge is 2.82. The number of ether oxygens (including phenoxy) is 5. The van der Waals surface area contributed by atoms with Crippen LogP contribution in [0.5, 0.6) is 0 Å². The van der Waals surface area contributed by atoms with Crippen LogP contribution in [0.1, 0.15) is 90.2 Å². The maximum Gasteiger partial charge on any atom is 0.408 e. The van der Waals surface area contributed by atoms with E-state index in [2.05, 4.69) is 5.32 Å². The van der Waals surface area contributed by atoms with E-state index in [0.29, 0.717) is 5.56 Å². The number of benzene rings is 2. The van der Waals surface area contributed by atoms with Crippen molar-refractivity contribution in [3.8, 4) is 0 Å². The number of ketones is 2. The molecule has 15 heteroatoms. The van der Waals surface area contributed by atoms with Crippen molar-refractivity contribution in [3.63, 3.8) is 0 Å². The van der Waals surface area contributed by atoms with Gasteiger partial charge in [0, 0.05) is 37.0 Å². The van der Waals surface area contributed by atoms with Gasteiger partial charge in [0.15, 0.2) is 6.10 Å². The van der Waals surface area contributed by atoms with Gasteiger partial charge in [-0.15, -0.1) is 0 Å². The first kappa shape index (κ1) is 42.9. The summed E-state index contributed by atoms with van der Waals surface area (Å²) < 4.78 is 29.8. The number of aliphatic hydroxyl groups excluding tert-OH is 2. The summed E-state index contributed by atoms with van der Waals surface area (Å²) in [5, 5.41) is 39.5. The average Bonchev–Trinajstić information content (AvgIpc) is 3.44. The number of nitrogens with one attached hydrogen (secondary N) is 1. The number of carbonyl (C=O) groups is 6. The summed E-state index contributed by atoms with van der Waals surface area (Å²) in [7, 11) is 0. The number of aliphatic hydroxyl groups is 3. The summed E-state index contributed by atoms with van der Waals surface area (Å²) >= 11 is 0. The second-order valence-corrected chi connectivity index (χ2v) is 17.9. The number of esters is 3. The van der Waals surface area contributed by atoms with Crippen molar-refractivity contribution in [2.24, 2.45) is 28.1 Å². The van der Waals surface area contributed by atoms with E-state index in [0.717, 1.165) is 6.92 Å². The number of Topliss-reactive ketones (excluding diaryl/α,β-unsaturated/α-hetero) is 2. The van der Waals surface area contributed by atoms with Crippen LogP contribution in [0.2, 0.25) is 0 Å². The normalized spacial score (nSPS) is 34.9. The Kier molecular flexibility index (Phi) is 11.2. The van der Waals surface area contributed by atoms with E-state index in [9.17, 15) is 44.1 Å². The maximum absolute atomic E-state index is 15.0. The summed E-state index contributed by atoms with van der Waals surface area (Å²) in [6, 6.07) is 14.6. The molecular weight excluding hydrogens is 754 g/mol. The minimum atomic E-state index is -2.39. The number of alkyl carbamates (subject to hydrolysis) is 1. The molecule has 0 aromatic heterocycles. The van der Waals surface area contributed by atoms with Gasteiger partial charge in [0.1, 0.15) is 29.5 Å². The van der Waals surface area contributed by atoms with Crippen molar-refractivity contribution in [1.82, 2.24) is 5.32 Å². The first-order valence-corrected chi connectivity index (χ1v) is 19.5. The quantitative estimate of drug-likeness (QED) is 0.171. The van der Waals surface area contributed by atoms with Crippen LogP contribution in [0.25, 0.3) is 0 Å². The molecular formula is C43H53NO14. The first-order valence-electron chi connectivity index (χ1n) is 19.5.